The molecule has 166 valence electrons. The fourth-order valence-electron chi connectivity index (χ4n) is 2.96. The summed E-state index contributed by atoms with van der Waals surface area (Å²) in [6.45, 7) is 3.60. The van der Waals surface area contributed by atoms with E-state index in [9.17, 15) is 18.0 Å². The SMILES string of the molecule is COC(=O)c1ccc(C)c(NC(=O)c2cc(S(=O)(=O)Nc3cccc(C)c3)ccc2Cl)c1. The smallest absolute Gasteiger partial charge is 0.337 e. The van der Waals surface area contributed by atoms with Crippen molar-refractivity contribution in [3.63, 3.8) is 0 Å². The molecule has 3 aromatic carbocycles. The van der Waals surface area contributed by atoms with Crippen molar-refractivity contribution in [2.75, 3.05) is 17.1 Å². The number of halogens is 1. The van der Waals surface area contributed by atoms with E-state index in [1.165, 1.54) is 31.4 Å². The fourth-order valence-corrected chi connectivity index (χ4v) is 4.24. The number of benzene rings is 3. The zero-order valence-corrected chi connectivity index (χ0v) is 19.2. The summed E-state index contributed by atoms with van der Waals surface area (Å²) in [7, 11) is -2.69. The van der Waals surface area contributed by atoms with Gasteiger partial charge in [0.1, 0.15) is 0 Å². The molecule has 0 saturated heterocycles. The molecule has 0 spiro atoms. The van der Waals surface area contributed by atoms with E-state index >= 15 is 0 Å². The van der Waals surface area contributed by atoms with Crippen LogP contribution in [-0.4, -0.2) is 27.4 Å². The van der Waals surface area contributed by atoms with Crippen LogP contribution in [0.5, 0.6) is 0 Å². The molecule has 0 aromatic heterocycles. The van der Waals surface area contributed by atoms with Crippen molar-refractivity contribution >= 4 is 44.9 Å². The first-order valence-corrected chi connectivity index (χ1v) is 11.4. The van der Waals surface area contributed by atoms with E-state index < -0.39 is 21.9 Å². The molecule has 0 bridgehead atoms. The Morgan fingerprint density at radius 1 is 0.969 bits per heavy atom. The van der Waals surface area contributed by atoms with Crippen LogP contribution in [-0.2, 0) is 14.8 Å². The fraction of sp³-hybridized carbons (Fsp3) is 0.130. The van der Waals surface area contributed by atoms with Crippen LogP contribution in [0, 0.1) is 13.8 Å². The monoisotopic (exact) mass is 472 g/mol. The second-order valence-corrected chi connectivity index (χ2v) is 9.18. The van der Waals surface area contributed by atoms with Gasteiger partial charge in [-0.1, -0.05) is 29.8 Å². The van der Waals surface area contributed by atoms with Gasteiger partial charge in [-0.2, -0.15) is 0 Å². The van der Waals surface area contributed by atoms with Gasteiger partial charge in [-0.05, 0) is 67.4 Å². The lowest BCUT2D eigenvalue weighted by atomic mass is 10.1. The molecular formula is C23H21ClN2O5S. The molecule has 9 heteroatoms. The van der Waals surface area contributed by atoms with Crippen molar-refractivity contribution in [1.29, 1.82) is 0 Å². The van der Waals surface area contributed by atoms with Gasteiger partial charge in [0.15, 0.2) is 0 Å². The summed E-state index contributed by atoms with van der Waals surface area (Å²) < 4.78 is 32.8. The minimum atomic E-state index is -3.96. The van der Waals surface area contributed by atoms with Crippen LogP contribution in [0.3, 0.4) is 0 Å². The van der Waals surface area contributed by atoms with E-state index in [1.807, 2.05) is 13.0 Å². The number of ether oxygens (including phenoxy) is 1. The van der Waals surface area contributed by atoms with Crippen molar-refractivity contribution in [1.82, 2.24) is 0 Å². The Balaban J connectivity index is 1.90. The molecule has 3 aromatic rings. The highest BCUT2D eigenvalue weighted by atomic mass is 35.5. The summed E-state index contributed by atoms with van der Waals surface area (Å²) in [5.74, 6) is -1.17. The molecule has 0 unspecified atom stereocenters. The van der Waals surface area contributed by atoms with E-state index in [2.05, 4.69) is 10.0 Å². The maximum Gasteiger partial charge on any atom is 0.337 e. The maximum absolute atomic E-state index is 12.9. The lowest BCUT2D eigenvalue weighted by molar-refractivity contribution is 0.0600. The van der Waals surface area contributed by atoms with Crippen LogP contribution >= 0.6 is 11.6 Å². The number of sulfonamides is 1. The van der Waals surface area contributed by atoms with Crippen molar-refractivity contribution < 1.29 is 22.7 Å². The molecule has 0 saturated carbocycles. The number of aryl methyl sites for hydroxylation is 2. The Kier molecular flexibility index (Phi) is 6.86. The highest BCUT2D eigenvalue weighted by Crippen LogP contribution is 2.25. The Labute approximate surface area is 191 Å². The summed E-state index contributed by atoms with van der Waals surface area (Å²) in [5, 5.41) is 2.76. The third kappa shape index (κ3) is 5.27. The van der Waals surface area contributed by atoms with E-state index in [0.29, 0.717) is 16.9 Å². The molecule has 7 nitrogen and oxygen atoms in total. The normalized spacial score (nSPS) is 11.0. The summed E-state index contributed by atoms with van der Waals surface area (Å²) in [6.07, 6.45) is 0. The molecular weight excluding hydrogens is 452 g/mol. The zero-order valence-electron chi connectivity index (χ0n) is 17.6. The Hall–Kier alpha value is -3.36. The van der Waals surface area contributed by atoms with Crippen molar-refractivity contribution in [3.8, 4) is 0 Å². The third-order valence-corrected chi connectivity index (χ3v) is 6.38. The van der Waals surface area contributed by atoms with E-state index in [1.54, 1.807) is 37.3 Å². The van der Waals surface area contributed by atoms with Gasteiger partial charge in [0.25, 0.3) is 15.9 Å². The maximum atomic E-state index is 12.9. The van der Waals surface area contributed by atoms with Gasteiger partial charge in [-0.25, -0.2) is 13.2 Å². The number of nitrogens with one attached hydrogen (secondary N) is 2. The predicted octanol–water partition coefficient (Wildman–Crippen LogP) is 4.80. The first kappa shape index (κ1) is 23.3. The van der Waals surface area contributed by atoms with Crippen LogP contribution < -0.4 is 10.0 Å². The second-order valence-electron chi connectivity index (χ2n) is 7.09. The minimum Gasteiger partial charge on any atom is -0.465 e. The number of rotatable bonds is 6. The van der Waals surface area contributed by atoms with Crippen LogP contribution in [0.4, 0.5) is 11.4 Å². The number of carbonyl (C=O) groups excluding carboxylic acids is 2. The predicted molar refractivity (Wildman–Crippen MR) is 124 cm³/mol. The molecule has 0 radical (unpaired) electrons. The molecule has 0 atom stereocenters. The Morgan fingerprint density at radius 3 is 2.41 bits per heavy atom. The zero-order chi connectivity index (χ0) is 23.5. The van der Waals surface area contributed by atoms with Crippen molar-refractivity contribution in [3.05, 3.63) is 87.9 Å². The molecule has 0 heterocycles. The molecule has 1 amide bonds. The van der Waals surface area contributed by atoms with Crippen molar-refractivity contribution in [2.24, 2.45) is 0 Å². The lowest BCUT2D eigenvalue weighted by Crippen LogP contribution is -2.17. The second kappa shape index (κ2) is 9.42. The molecule has 0 aliphatic rings. The number of anilines is 2. The van der Waals surface area contributed by atoms with Crippen LogP contribution in [0.2, 0.25) is 5.02 Å². The first-order valence-electron chi connectivity index (χ1n) is 9.50. The van der Waals surface area contributed by atoms with Crippen LogP contribution in [0.15, 0.2) is 65.6 Å². The molecule has 0 fully saturated rings. The van der Waals surface area contributed by atoms with Crippen molar-refractivity contribution in [2.45, 2.75) is 18.7 Å². The van der Waals surface area contributed by atoms with E-state index in [0.717, 1.165) is 5.56 Å². The highest BCUT2D eigenvalue weighted by molar-refractivity contribution is 7.92. The number of carbonyl (C=O) groups is 2. The summed E-state index contributed by atoms with van der Waals surface area (Å²) >= 11 is 6.18. The number of hydrogen-bond donors (Lipinski definition) is 2. The van der Waals surface area contributed by atoms with E-state index in [-0.39, 0.29) is 21.0 Å². The van der Waals surface area contributed by atoms with Gasteiger partial charge in [0.2, 0.25) is 0 Å². The summed E-state index contributed by atoms with van der Waals surface area (Å²) in [6, 6.07) is 15.5. The quantitative estimate of drug-likeness (QED) is 0.502. The van der Waals surface area contributed by atoms with Gasteiger partial charge >= 0.3 is 5.97 Å². The standard InChI is InChI=1S/C23H21ClN2O5S/c1-14-5-4-6-17(11-14)26-32(29,30)18-9-10-20(24)19(13-18)22(27)25-21-12-16(23(28)31-3)8-7-15(21)2/h4-13,26H,1-3H3,(H,25,27). The number of esters is 1. The summed E-state index contributed by atoms with van der Waals surface area (Å²) in [5.41, 5.74) is 2.61. The van der Waals surface area contributed by atoms with Crippen LogP contribution in [0.1, 0.15) is 31.8 Å². The van der Waals surface area contributed by atoms with Gasteiger partial charge in [0.05, 0.1) is 28.2 Å². The lowest BCUT2D eigenvalue weighted by Gasteiger charge is -2.13. The molecule has 3 rings (SSSR count). The largest absolute Gasteiger partial charge is 0.465 e. The average Bonchev–Trinajstić information content (AvgIpc) is 2.74. The van der Waals surface area contributed by atoms with Gasteiger partial charge < -0.3 is 10.1 Å². The number of methoxy groups -OCH3 is 1. The highest BCUT2D eigenvalue weighted by Gasteiger charge is 2.20. The van der Waals surface area contributed by atoms with Crippen LogP contribution in [0.25, 0.3) is 0 Å². The minimum absolute atomic E-state index is 0.0262. The molecule has 32 heavy (non-hydrogen) atoms. The summed E-state index contributed by atoms with van der Waals surface area (Å²) in [4.78, 5) is 24.6. The Bertz CT molecular complexity index is 1310. The average molecular weight is 473 g/mol. The van der Waals surface area contributed by atoms with Gasteiger partial charge in [-0.3, -0.25) is 9.52 Å². The first-order chi connectivity index (χ1) is 15.1. The number of amides is 1. The van der Waals surface area contributed by atoms with Gasteiger partial charge in [0, 0.05) is 11.4 Å². The molecule has 0 aliphatic heterocycles. The molecule has 2 N–H and O–H groups in total. The third-order valence-electron chi connectivity index (χ3n) is 4.67. The molecule has 0 aliphatic carbocycles. The topological polar surface area (TPSA) is 102 Å². The number of hydrogen-bond acceptors (Lipinski definition) is 5. The van der Waals surface area contributed by atoms with E-state index in [4.69, 9.17) is 16.3 Å². The Morgan fingerprint density at radius 2 is 1.72 bits per heavy atom. The van der Waals surface area contributed by atoms with Gasteiger partial charge in [-0.15, -0.1) is 0 Å².